The Hall–Kier alpha value is 0. The lowest BCUT2D eigenvalue weighted by molar-refractivity contribution is 0.217. The monoisotopic (exact) mass is 198 g/mol. The van der Waals surface area contributed by atoms with Gasteiger partial charge >= 0.3 is 0 Å². The molecular formula is C14H30. The van der Waals surface area contributed by atoms with Crippen molar-refractivity contribution in [2.24, 2.45) is 17.3 Å². The largest absolute Gasteiger partial charge is 0.0654 e. The van der Waals surface area contributed by atoms with Crippen molar-refractivity contribution in [3.63, 3.8) is 0 Å². The van der Waals surface area contributed by atoms with Crippen molar-refractivity contribution in [3.8, 4) is 0 Å². The van der Waals surface area contributed by atoms with E-state index < -0.39 is 0 Å². The van der Waals surface area contributed by atoms with Crippen LogP contribution in [0.4, 0.5) is 0 Å². The van der Waals surface area contributed by atoms with Crippen LogP contribution in [0.2, 0.25) is 0 Å². The fraction of sp³-hybridized carbons (Fsp3) is 1.00. The third-order valence-electron chi connectivity index (χ3n) is 3.47. The summed E-state index contributed by atoms with van der Waals surface area (Å²) in [6.45, 7) is 14.2. The summed E-state index contributed by atoms with van der Waals surface area (Å²) in [6.07, 6.45) is 6.94. The molecule has 86 valence electrons. The second-order valence-electron chi connectivity index (χ2n) is 6.05. The van der Waals surface area contributed by atoms with Crippen LogP contribution in [0.15, 0.2) is 0 Å². The molecule has 0 fully saturated rings. The molecule has 0 aliphatic carbocycles. The topological polar surface area (TPSA) is 0 Å². The molecule has 0 radical (unpaired) electrons. The highest BCUT2D eigenvalue weighted by atomic mass is 14.3. The standard InChI is InChI=1S/C14H30/c1-7-8-9-10-14(5,6)11-13(4)12(2)3/h12-13H,7-11H2,1-6H3. The Balaban J connectivity index is 3.81. The number of hydrogen-bond acceptors (Lipinski definition) is 0. The minimum absolute atomic E-state index is 0.554. The van der Waals surface area contributed by atoms with Crippen LogP contribution in [0.1, 0.15) is 73.6 Å². The summed E-state index contributed by atoms with van der Waals surface area (Å²) in [7, 11) is 0. The van der Waals surface area contributed by atoms with E-state index >= 15 is 0 Å². The first-order chi connectivity index (χ1) is 6.39. The van der Waals surface area contributed by atoms with Crippen molar-refractivity contribution in [1.29, 1.82) is 0 Å². The fourth-order valence-electron chi connectivity index (χ4n) is 2.06. The van der Waals surface area contributed by atoms with E-state index in [1.165, 1.54) is 32.1 Å². The van der Waals surface area contributed by atoms with E-state index in [0.717, 1.165) is 11.8 Å². The van der Waals surface area contributed by atoms with Gasteiger partial charge in [0, 0.05) is 0 Å². The van der Waals surface area contributed by atoms with Gasteiger partial charge in [-0.3, -0.25) is 0 Å². The van der Waals surface area contributed by atoms with Crippen LogP contribution in [-0.4, -0.2) is 0 Å². The zero-order valence-electron chi connectivity index (χ0n) is 11.2. The van der Waals surface area contributed by atoms with Gasteiger partial charge in [0.15, 0.2) is 0 Å². The predicted octanol–water partition coefficient (Wildman–Crippen LogP) is 5.28. The number of hydrogen-bond donors (Lipinski definition) is 0. The summed E-state index contributed by atoms with van der Waals surface area (Å²) in [5.41, 5.74) is 0.554. The molecular weight excluding hydrogens is 168 g/mol. The SMILES string of the molecule is CCCCCC(C)(C)CC(C)C(C)C. The smallest absolute Gasteiger partial charge is 0.0352 e. The molecule has 1 atom stereocenters. The maximum Gasteiger partial charge on any atom is -0.0352 e. The lowest BCUT2D eigenvalue weighted by Gasteiger charge is -2.30. The van der Waals surface area contributed by atoms with Crippen LogP contribution in [0, 0.1) is 17.3 Å². The van der Waals surface area contributed by atoms with Crippen molar-refractivity contribution in [2.75, 3.05) is 0 Å². The van der Waals surface area contributed by atoms with Crippen LogP contribution in [0.25, 0.3) is 0 Å². The molecule has 0 N–H and O–H groups in total. The van der Waals surface area contributed by atoms with Crippen molar-refractivity contribution < 1.29 is 0 Å². The van der Waals surface area contributed by atoms with Crippen molar-refractivity contribution in [3.05, 3.63) is 0 Å². The third-order valence-corrected chi connectivity index (χ3v) is 3.47. The van der Waals surface area contributed by atoms with Crippen LogP contribution < -0.4 is 0 Å². The second-order valence-corrected chi connectivity index (χ2v) is 6.05. The van der Waals surface area contributed by atoms with Crippen LogP contribution in [-0.2, 0) is 0 Å². The molecule has 0 aromatic rings. The van der Waals surface area contributed by atoms with Crippen molar-refractivity contribution in [2.45, 2.75) is 73.6 Å². The Morgan fingerprint density at radius 2 is 1.57 bits per heavy atom. The molecule has 0 amide bonds. The first kappa shape index (κ1) is 14.0. The van der Waals surface area contributed by atoms with Gasteiger partial charge in [-0.05, 0) is 30.1 Å². The zero-order valence-corrected chi connectivity index (χ0v) is 11.2. The van der Waals surface area contributed by atoms with E-state index in [0.29, 0.717) is 5.41 Å². The summed E-state index contributed by atoms with van der Waals surface area (Å²) in [5.74, 6) is 1.70. The average Bonchev–Trinajstić information content (AvgIpc) is 2.03. The molecule has 0 saturated carbocycles. The number of unbranched alkanes of at least 4 members (excludes halogenated alkanes) is 2. The average molecular weight is 198 g/mol. The van der Waals surface area contributed by atoms with Crippen LogP contribution >= 0.6 is 0 Å². The molecule has 1 unspecified atom stereocenters. The summed E-state index contributed by atoms with van der Waals surface area (Å²) in [6, 6.07) is 0. The van der Waals surface area contributed by atoms with Gasteiger partial charge in [0.05, 0.1) is 0 Å². The molecule has 0 aromatic carbocycles. The van der Waals surface area contributed by atoms with E-state index in [4.69, 9.17) is 0 Å². The van der Waals surface area contributed by atoms with Gasteiger partial charge in [-0.2, -0.15) is 0 Å². The first-order valence-corrected chi connectivity index (χ1v) is 6.39. The maximum absolute atomic E-state index is 2.43. The minimum Gasteiger partial charge on any atom is -0.0654 e. The highest BCUT2D eigenvalue weighted by molar-refractivity contribution is 4.73. The molecule has 0 bridgehead atoms. The quantitative estimate of drug-likeness (QED) is 0.488. The Labute approximate surface area is 91.5 Å². The third kappa shape index (κ3) is 6.45. The molecule has 0 saturated heterocycles. The summed E-state index contributed by atoms with van der Waals surface area (Å²) in [4.78, 5) is 0. The Morgan fingerprint density at radius 1 is 1.00 bits per heavy atom. The predicted molar refractivity (Wildman–Crippen MR) is 66.5 cm³/mol. The molecule has 0 aliphatic heterocycles. The lowest BCUT2D eigenvalue weighted by atomic mass is 9.76. The highest BCUT2D eigenvalue weighted by Crippen LogP contribution is 2.33. The van der Waals surface area contributed by atoms with E-state index in [-0.39, 0.29) is 0 Å². The highest BCUT2D eigenvalue weighted by Gasteiger charge is 2.21. The maximum atomic E-state index is 2.43. The van der Waals surface area contributed by atoms with Gasteiger partial charge in [0.1, 0.15) is 0 Å². The first-order valence-electron chi connectivity index (χ1n) is 6.39. The molecule has 0 heterocycles. The van der Waals surface area contributed by atoms with Gasteiger partial charge < -0.3 is 0 Å². The van der Waals surface area contributed by atoms with Gasteiger partial charge in [0.25, 0.3) is 0 Å². The normalized spacial score (nSPS) is 14.8. The molecule has 0 heteroatoms. The zero-order chi connectivity index (χ0) is 11.2. The van der Waals surface area contributed by atoms with Crippen LogP contribution in [0.5, 0.6) is 0 Å². The van der Waals surface area contributed by atoms with E-state index in [9.17, 15) is 0 Å². The van der Waals surface area contributed by atoms with Gasteiger partial charge in [0.2, 0.25) is 0 Å². The Bertz CT molecular complexity index is 133. The van der Waals surface area contributed by atoms with Crippen molar-refractivity contribution in [1.82, 2.24) is 0 Å². The van der Waals surface area contributed by atoms with E-state index in [1.54, 1.807) is 0 Å². The molecule has 0 nitrogen and oxygen atoms in total. The molecule has 0 spiro atoms. The van der Waals surface area contributed by atoms with Gasteiger partial charge in [-0.15, -0.1) is 0 Å². The Kier molecular flexibility index (Phi) is 6.48. The lowest BCUT2D eigenvalue weighted by Crippen LogP contribution is -2.18. The summed E-state index contributed by atoms with van der Waals surface area (Å²) >= 11 is 0. The molecule has 14 heavy (non-hydrogen) atoms. The summed E-state index contributed by atoms with van der Waals surface area (Å²) < 4.78 is 0. The summed E-state index contributed by atoms with van der Waals surface area (Å²) in [5, 5.41) is 0. The number of rotatable bonds is 7. The Morgan fingerprint density at radius 3 is 2.00 bits per heavy atom. The minimum atomic E-state index is 0.554. The van der Waals surface area contributed by atoms with Crippen molar-refractivity contribution >= 4 is 0 Å². The van der Waals surface area contributed by atoms with Gasteiger partial charge in [-0.1, -0.05) is 60.8 Å². The van der Waals surface area contributed by atoms with Gasteiger partial charge in [-0.25, -0.2) is 0 Å². The molecule has 0 rings (SSSR count). The molecule has 0 aliphatic rings. The van der Waals surface area contributed by atoms with E-state index in [1.807, 2.05) is 0 Å². The second kappa shape index (κ2) is 6.48. The fourth-order valence-corrected chi connectivity index (χ4v) is 2.06. The van der Waals surface area contributed by atoms with E-state index in [2.05, 4.69) is 41.5 Å². The molecule has 0 aromatic heterocycles. The van der Waals surface area contributed by atoms with Crippen LogP contribution in [0.3, 0.4) is 0 Å².